The molecular weight excluding hydrogens is 248 g/mol. The number of nitrogen functional groups attached to an aromatic ring is 1. The van der Waals surface area contributed by atoms with Crippen molar-refractivity contribution < 1.29 is 0 Å². The van der Waals surface area contributed by atoms with Crippen LogP contribution in [0, 0.1) is 0 Å². The lowest BCUT2D eigenvalue weighted by atomic mass is 10.1. The second-order valence-corrected chi connectivity index (χ2v) is 4.99. The van der Waals surface area contributed by atoms with Crippen molar-refractivity contribution in [2.45, 2.75) is 25.2 Å². The van der Waals surface area contributed by atoms with E-state index in [0.29, 0.717) is 24.1 Å². The molecule has 92 valence electrons. The number of nitrogens with zero attached hydrogens (tertiary/aromatic N) is 3. The average molecular weight is 261 g/mol. The summed E-state index contributed by atoms with van der Waals surface area (Å²) in [5.74, 6) is 2.34. The second kappa shape index (κ2) is 4.53. The Morgan fingerprint density at radius 1 is 1.22 bits per heavy atom. The van der Waals surface area contributed by atoms with Crippen LogP contribution in [-0.2, 0) is 6.42 Å². The van der Waals surface area contributed by atoms with E-state index in [2.05, 4.69) is 15.0 Å². The number of hydrogen-bond donors (Lipinski definition) is 1. The summed E-state index contributed by atoms with van der Waals surface area (Å²) in [4.78, 5) is 12.8. The van der Waals surface area contributed by atoms with Gasteiger partial charge in [-0.05, 0) is 30.5 Å². The number of aromatic nitrogens is 3. The third-order valence-electron chi connectivity index (χ3n) is 2.91. The zero-order valence-electron chi connectivity index (χ0n) is 9.81. The van der Waals surface area contributed by atoms with E-state index >= 15 is 0 Å². The van der Waals surface area contributed by atoms with Gasteiger partial charge in [-0.25, -0.2) is 4.98 Å². The van der Waals surface area contributed by atoms with Gasteiger partial charge in [-0.1, -0.05) is 23.7 Å². The molecule has 1 heterocycles. The zero-order valence-corrected chi connectivity index (χ0v) is 10.6. The Morgan fingerprint density at radius 3 is 2.78 bits per heavy atom. The first-order valence-corrected chi connectivity index (χ1v) is 6.33. The molecule has 4 nitrogen and oxygen atoms in total. The van der Waals surface area contributed by atoms with Crippen molar-refractivity contribution in [3.05, 3.63) is 46.5 Å². The molecule has 0 atom stereocenters. The van der Waals surface area contributed by atoms with Crippen LogP contribution in [0.2, 0.25) is 5.02 Å². The minimum atomic E-state index is 0.309. The smallest absolute Gasteiger partial charge is 0.223 e. The molecule has 1 aromatic heterocycles. The predicted octanol–water partition coefficient (Wildman–Crippen LogP) is 2.58. The molecule has 1 fully saturated rings. The lowest BCUT2D eigenvalue weighted by Gasteiger charge is -2.04. The Hall–Kier alpha value is -1.68. The molecule has 0 aliphatic heterocycles. The first-order chi connectivity index (χ1) is 8.70. The molecule has 0 spiro atoms. The van der Waals surface area contributed by atoms with Crippen molar-refractivity contribution in [2.24, 2.45) is 0 Å². The standard InChI is InChI=1S/C13H13ClN4/c14-10-3-1-2-8(6-10)7-11-16-12(9-4-5-9)18-13(15)17-11/h1-3,6,9H,4-5,7H2,(H2,15,16,17,18). The van der Waals surface area contributed by atoms with Crippen molar-refractivity contribution >= 4 is 17.5 Å². The van der Waals surface area contributed by atoms with Gasteiger partial charge in [0.2, 0.25) is 5.95 Å². The molecule has 5 heteroatoms. The number of nitrogens with two attached hydrogens (primary N) is 1. The Morgan fingerprint density at radius 2 is 2.06 bits per heavy atom. The fourth-order valence-electron chi connectivity index (χ4n) is 1.89. The van der Waals surface area contributed by atoms with E-state index in [1.165, 1.54) is 0 Å². The van der Waals surface area contributed by atoms with E-state index in [1.807, 2.05) is 24.3 Å². The maximum absolute atomic E-state index is 5.96. The molecule has 1 aliphatic carbocycles. The van der Waals surface area contributed by atoms with Gasteiger partial charge in [0, 0.05) is 17.4 Å². The maximum Gasteiger partial charge on any atom is 0.223 e. The maximum atomic E-state index is 5.96. The van der Waals surface area contributed by atoms with Crippen LogP contribution in [0.3, 0.4) is 0 Å². The fraction of sp³-hybridized carbons (Fsp3) is 0.308. The number of anilines is 1. The Labute approximate surface area is 110 Å². The zero-order chi connectivity index (χ0) is 12.5. The SMILES string of the molecule is Nc1nc(Cc2cccc(Cl)c2)nc(C2CC2)n1. The fourth-order valence-corrected chi connectivity index (χ4v) is 2.10. The molecule has 1 aliphatic rings. The Bertz CT molecular complexity index is 581. The van der Waals surface area contributed by atoms with Gasteiger partial charge in [-0.2, -0.15) is 9.97 Å². The second-order valence-electron chi connectivity index (χ2n) is 4.55. The summed E-state index contributed by atoms with van der Waals surface area (Å²) in [5, 5.41) is 0.719. The molecule has 0 unspecified atom stereocenters. The van der Waals surface area contributed by atoms with Crippen molar-refractivity contribution in [3.8, 4) is 0 Å². The summed E-state index contributed by atoms with van der Waals surface area (Å²) in [7, 11) is 0. The van der Waals surface area contributed by atoms with Crippen LogP contribution in [0.15, 0.2) is 24.3 Å². The van der Waals surface area contributed by atoms with Gasteiger partial charge in [0.1, 0.15) is 11.6 Å². The van der Waals surface area contributed by atoms with Crippen molar-refractivity contribution in [2.75, 3.05) is 5.73 Å². The quantitative estimate of drug-likeness (QED) is 0.921. The van der Waals surface area contributed by atoms with Gasteiger partial charge in [-0.3, -0.25) is 0 Å². The molecule has 2 N–H and O–H groups in total. The van der Waals surface area contributed by atoms with Gasteiger partial charge in [0.05, 0.1) is 0 Å². The van der Waals surface area contributed by atoms with E-state index in [1.54, 1.807) is 0 Å². The lowest BCUT2D eigenvalue weighted by molar-refractivity contribution is 0.838. The Kier molecular flexibility index (Phi) is 2.88. The van der Waals surface area contributed by atoms with Crippen LogP contribution in [0.1, 0.15) is 36.0 Å². The van der Waals surface area contributed by atoms with Gasteiger partial charge in [0.25, 0.3) is 0 Å². The highest BCUT2D eigenvalue weighted by Crippen LogP contribution is 2.38. The highest BCUT2D eigenvalue weighted by molar-refractivity contribution is 6.30. The Balaban J connectivity index is 1.87. The number of halogens is 1. The summed E-state index contributed by atoms with van der Waals surface area (Å²) < 4.78 is 0. The molecule has 2 aromatic rings. The van der Waals surface area contributed by atoms with Crippen LogP contribution < -0.4 is 5.73 Å². The highest BCUT2D eigenvalue weighted by Gasteiger charge is 2.27. The largest absolute Gasteiger partial charge is 0.368 e. The molecule has 3 rings (SSSR count). The summed E-state index contributed by atoms with van der Waals surface area (Å²) in [6, 6.07) is 7.69. The highest BCUT2D eigenvalue weighted by atomic mass is 35.5. The molecule has 0 saturated heterocycles. The minimum Gasteiger partial charge on any atom is -0.368 e. The van der Waals surface area contributed by atoms with Crippen LogP contribution in [0.4, 0.5) is 5.95 Å². The van der Waals surface area contributed by atoms with E-state index in [9.17, 15) is 0 Å². The number of hydrogen-bond acceptors (Lipinski definition) is 4. The summed E-state index contributed by atoms with van der Waals surface area (Å²) >= 11 is 5.96. The lowest BCUT2D eigenvalue weighted by Crippen LogP contribution is -2.07. The number of benzene rings is 1. The minimum absolute atomic E-state index is 0.309. The predicted molar refractivity (Wildman–Crippen MR) is 70.5 cm³/mol. The van der Waals surface area contributed by atoms with E-state index in [0.717, 1.165) is 29.3 Å². The van der Waals surface area contributed by atoms with E-state index in [-0.39, 0.29) is 0 Å². The van der Waals surface area contributed by atoms with Crippen LogP contribution in [0.5, 0.6) is 0 Å². The first kappa shape index (κ1) is 11.4. The molecule has 0 bridgehead atoms. The molecule has 18 heavy (non-hydrogen) atoms. The molecule has 1 aromatic carbocycles. The van der Waals surface area contributed by atoms with Gasteiger partial charge >= 0.3 is 0 Å². The molecule has 0 radical (unpaired) electrons. The van der Waals surface area contributed by atoms with Crippen LogP contribution >= 0.6 is 11.6 Å². The van der Waals surface area contributed by atoms with E-state index in [4.69, 9.17) is 17.3 Å². The van der Waals surface area contributed by atoms with Gasteiger partial charge < -0.3 is 5.73 Å². The molecule has 0 amide bonds. The van der Waals surface area contributed by atoms with Crippen molar-refractivity contribution in [1.29, 1.82) is 0 Å². The van der Waals surface area contributed by atoms with Crippen molar-refractivity contribution in [3.63, 3.8) is 0 Å². The number of rotatable bonds is 3. The van der Waals surface area contributed by atoms with E-state index < -0.39 is 0 Å². The topological polar surface area (TPSA) is 64.7 Å². The van der Waals surface area contributed by atoms with Crippen molar-refractivity contribution in [1.82, 2.24) is 15.0 Å². The van der Waals surface area contributed by atoms with Crippen LogP contribution in [0.25, 0.3) is 0 Å². The summed E-state index contributed by atoms with van der Waals surface area (Å²) in [5.41, 5.74) is 6.80. The average Bonchev–Trinajstić information content (AvgIpc) is 3.11. The molecule has 1 saturated carbocycles. The van der Waals surface area contributed by atoms with Crippen LogP contribution in [-0.4, -0.2) is 15.0 Å². The first-order valence-electron chi connectivity index (χ1n) is 5.95. The summed E-state index contributed by atoms with van der Waals surface area (Å²) in [6.45, 7) is 0. The van der Waals surface area contributed by atoms with Gasteiger partial charge in [-0.15, -0.1) is 0 Å². The normalized spacial score (nSPS) is 14.7. The summed E-state index contributed by atoms with van der Waals surface area (Å²) in [6.07, 6.45) is 2.94. The van der Waals surface area contributed by atoms with Gasteiger partial charge in [0.15, 0.2) is 0 Å². The third kappa shape index (κ3) is 2.59. The molecular formula is C13H13ClN4. The third-order valence-corrected chi connectivity index (χ3v) is 3.15. The monoisotopic (exact) mass is 260 g/mol.